The lowest BCUT2D eigenvalue weighted by atomic mass is 9.91. The Balaban J connectivity index is 1.39. The van der Waals surface area contributed by atoms with Crippen molar-refractivity contribution < 1.29 is 23.2 Å². The maximum Gasteiger partial charge on any atom is 0.231 e. The Morgan fingerprint density at radius 3 is 2.72 bits per heavy atom. The van der Waals surface area contributed by atoms with Gasteiger partial charge in [0.1, 0.15) is 17.4 Å². The molecule has 2 aromatic heterocycles. The van der Waals surface area contributed by atoms with E-state index in [-0.39, 0.29) is 37.1 Å². The number of fused-ring (bicyclic) bond motifs is 1. The molecule has 4 heterocycles. The lowest BCUT2D eigenvalue weighted by Gasteiger charge is -2.22. The zero-order chi connectivity index (χ0) is 22.4. The van der Waals surface area contributed by atoms with E-state index in [2.05, 4.69) is 15.7 Å². The Hall–Kier alpha value is -3.95. The van der Waals surface area contributed by atoms with Gasteiger partial charge >= 0.3 is 0 Å². The largest absolute Gasteiger partial charge is 0.469 e. The van der Waals surface area contributed by atoms with Crippen molar-refractivity contribution in [3.8, 4) is 0 Å². The highest BCUT2D eigenvalue weighted by atomic mass is 19.1. The second-order valence-corrected chi connectivity index (χ2v) is 7.93. The third kappa shape index (κ3) is 3.43. The molecule has 0 spiro atoms. The van der Waals surface area contributed by atoms with Crippen LogP contribution >= 0.6 is 0 Å². The third-order valence-electron chi connectivity index (χ3n) is 5.84. The van der Waals surface area contributed by atoms with Crippen molar-refractivity contribution in [1.82, 2.24) is 9.78 Å². The molecule has 0 saturated carbocycles. The van der Waals surface area contributed by atoms with Gasteiger partial charge in [-0.25, -0.2) is 4.39 Å². The molecule has 0 unspecified atom stereocenters. The number of nitrogens with zero attached hydrogens (tertiary/aromatic N) is 3. The summed E-state index contributed by atoms with van der Waals surface area (Å²) >= 11 is 0. The van der Waals surface area contributed by atoms with Gasteiger partial charge in [-0.05, 0) is 36.4 Å². The summed E-state index contributed by atoms with van der Waals surface area (Å²) in [5.41, 5.74) is 1.21. The van der Waals surface area contributed by atoms with E-state index in [1.807, 2.05) is 0 Å². The number of carbonyl (C=O) groups is 3. The van der Waals surface area contributed by atoms with Gasteiger partial charge in [-0.1, -0.05) is 0 Å². The summed E-state index contributed by atoms with van der Waals surface area (Å²) in [6, 6.07) is 9.10. The van der Waals surface area contributed by atoms with Crippen LogP contribution in [0.3, 0.4) is 0 Å². The zero-order valence-electron chi connectivity index (χ0n) is 17.2. The van der Waals surface area contributed by atoms with E-state index in [1.54, 1.807) is 19.2 Å². The van der Waals surface area contributed by atoms with Crippen molar-refractivity contribution in [3.63, 3.8) is 0 Å². The van der Waals surface area contributed by atoms with Crippen LogP contribution in [-0.4, -0.2) is 34.0 Å². The topological polar surface area (TPSA) is 109 Å². The van der Waals surface area contributed by atoms with E-state index >= 15 is 0 Å². The second-order valence-electron chi connectivity index (χ2n) is 7.93. The summed E-state index contributed by atoms with van der Waals surface area (Å²) in [6.45, 7) is 0.184. The highest BCUT2D eigenvalue weighted by molar-refractivity contribution is 6.04. The summed E-state index contributed by atoms with van der Waals surface area (Å²) in [7, 11) is 1.68. The van der Waals surface area contributed by atoms with Crippen LogP contribution in [0.2, 0.25) is 0 Å². The minimum Gasteiger partial charge on any atom is -0.469 e. The highest BCUT2D eigenvalue weighted by Gasteiger charge is 2.38. The Bertz CT molecular complexity index is 1200. The Morgan fingerprint density at radius 2 is 2.00 bits per heavy atom. The zero-order valence-corrected chi connectivity index (χ0v) is 17.2. The molecular weight excluding hydrogens is 417 g/mol. The first-order chi connectivity index (χ1) is 15.4. The molecule has 3 amide bonds. The predicted octanol–water partition coefficient (Wildman–Crippen LogP) is 2.62. The van der Waals surface area contributed by atoms with Crippen molar-refractivity contribution in [3.05, 3.63) is 59.8 Å². The van der Waals surface area contributed by atoms with Gasteiger partial charge in [-0.2, -0.15) is 5.10 Å². The van der Waals surface area contributed by atoms with E-state index in [0.29, 0.717) is 28.6 Å². The van der Waals surface area contributed by atoms with Gasteiger partial charge in [0.2, 0.25) is 17.7 Å². The lowest BCUT2D eigenvalue weighted by molar-refractivity contribution is -0.122. The molecule has 2 aliphatic heterocycles. The number of rotatable bonds is 4. The minimum atomic E-state index is -0.592. The standard InChI is InChI=1S/C22H20FN5O4/c1-27-21-19(15(10-17(29)24-21)16-3-2-8-32-16)20(26-27)25-22(31)12-9-18(30)28(11-12)14-6-4-13(23)5-7-14/h2-8,12,15H,9-11H2,1H3,(H,24,29)(H,25,26,31)/t12-,15-/m1/s1. The van der Waals surface area contributed by atoms with E-state index in [4.69, 9.17) is 4.42 Å². The van der Waals surface area contributed by atoms with Crippen LogP contribution in [-0.2, 0) is 21.4 Å². The number of anilines is 3. The normalized spacial score (nSPS) is 20.2. The first-order valence-corrected chi connectivity index (χ1v) is 10.2. The first kappa shape index (κ1) is 20.0. The first-order valence-electron chi connectivity index (χ1n) is 10.2. The van der Waals surface area contributed by atoms with Gasteiger partial charge in [-0.3, -0.25) is 19.1 Å². The number of carbonyl (C=O) groups excluding carboxylic acids is 3. The SMILES string of the molecule is Cn1nc(NC(=O)[C@@H]2CC(=O)N(c3ccc(F)cc3)C2)c2c1NC(=O)C[C@@H]2c1ccco1. The van der Waals surface area contributed by atoms with Crippen molar-refractivity contribution in [1.29, 1.82) is 0 Å². The summed E-state index contributed by atoms with van der Waals surface area (Å²) in [5, 5.41) is 10.0. The third-order valence-corrected chi connectivity index (χ3v) is 5.84. The number of aromatic nitrogens is 2. The number of furan rings is 1. The van der Waals surface area contributed by atoms with Gasteiger partial charge in [0, 0.05) is 32.1 Å². The highest BCUT2D eigenvalue weighted by Crippen LogP contribution is 2.41. The van der Waals surface area contributed by atoms with Crippen LogP contribution < -0.4 is 15.5 Å². The summed E-state index contributed by atoms with van der Waals surface area (Å²) < 4.78 is 20.2. The fourth-order valence-electron chi connectivity index (χ4n) is 4.29. The maximum atomic E-state index is 13.2. The van der Waals surface area contributed by atoms with Crippen molar-refractivity contribution in [2.45, 2.75) is 18.8 Å². The van der Waals surface area contributed by atoms with Gasteiger partial charge in [-0.15, -0.1) is 0 Å². The number of nitrogens with one attached hydrogen (secondary N) is 2. The molecule has 1 aromatic carbocycles. The fraction of sp³-hybridized carbons (Fsp3) is 0.273. The molecule has 10 heteroatoms. The number of benzene rings is 1. The van der Waals surface area contributed by atoms with Crippen LogP contribution in [0.5, 0.6) is 0 Å². The van der Waals surface area contributed by atoms with Crippen LogP contribution in [0.15, 0.2) is 47.1 Å². The molecule has 164 valence electrons. The summed E-state index contributed by atoms with van der Waals surface area (Å²) in [5.74, 6) is -0.689. The molecule has 2 aliphatic rings. The van der Waals surface area contributed by atoms with Gasteiger partial charge in [0.05, 0.1) is 23.7 Å². The van der Waals surface area contributed by atoms with Gasteiger partial charge in [0.25, 0.3) is 0 Å². The van der Waals surface area contributed by atoms with Crippen LogP contribution in [0, 0.1) is 11.7 Å². The fourth-order valence-corrected chi connectivity index (χ4v) is 4.29. The molecule has 1 saturated heterocycles. The van der Waals surface area contributed by atoms with Crippen molar-refractivity contribution in [2.24, 2.45) is 13.0 Å². The molecule has 2 N–H and O–H groups in total. The number of amides is 3. The predicted molar refractivity (Wildman–Crippen MR) is 112 cm³/mol. The molecule has 0 bridgehead atoms. The van der Waals surface area contributed by atoms with E-state index in [0.717, 1.165) is 0 Å². The lowest BCUT2D eigenvalue weighted by Crippen LogP contribution is -2.29. The van der Waals surface area contributed by atoms with Crippen LogP contribution in [0.25, 0.3) is 0 Å². The van der Waals surface area contributed by atoms with Gasteiger partial charge < -0.3 is 20.0 Å². The number of aryl methyl sites for hydroxylation is 1. The number of hydrogen-bond acceptors (Lipinski definition) is 5. The average Bonchev–Trinajstić information content (AvgIpc) is 3.49. The Labute approximate surface area is 182 Å². The molecule has 5 rings (SSSR count). The van der Waals surface area contributed by atoms with E-state index in [1.165, 1.54) is 40.1 Å². The molecule has 2 atom stereocenters. The molecule has 3 aromatic rings. The second kappa shape index (κ2) is 7.63. The van der Waals surface area contributed by atoms with Crippen molar-refractivity contribution in [2.75, 3.05) is 22.1 Å². The quantitative estimate of drug-likeness (QED) is 0.652. The van der Waals surface area contributed by atoms with E-state index in [9.17, 15) is 18.8 Å². The number of hydrogen-bond donors (Lipinski definition) is 2. The van der Waals surface area contributed by atoms with Crippen LogP contribution in [0.1, 0.15) is 30.1 Å². The smallest absolute Gasteiger partial charge is 0.231 e. The molecular formula is C22H20FN5O4. The molecule has 1 fully saturated rings. The van der Waals surface area contributed by atoms with Crippen LogP contribution in [0.4, 0.5) is 21.7 Å². The van der Waals surface area contributed by atoms with Crippen molar-refractivity contribution >= 4 is 35.0 Å². The summed E-state index contributed by atoms with van der Waals surface area (Å²) in [4.78, 5) is 39.2. The maximum absolute atomic E-state index is 13.2. The summed E-state index contributed by atoms with van der Waals surface area (Å²) in [6.07, 6.45) is 1.73. The molecule has 0 aliphatic carbocycles. The Kier molecular flexibility index (Phi) is 4.76. The Morgan fingerprint density at radius 1 is 1.22 bits per heavy atom. The molecule has 0 radical (unpaired) electrons. The molecule has 32 heavy (non-hydrogen) atoms. The number of halogens is 1. The average molecular weight is 437 g/mol. The van der Waals surface area contributed by atoms with Gasteiger partial charge in [0.15, 0.2) is 5.82 Å². The monoisotopic (exact) mass is 437 g/mol. The van der Waals surface area contributed by atoms with E-state index < -0.39 is 17.7 Å². The molecule has 9 nitrogen and oxygen atoms in total. The minimum absolute atomic E-state index is 0.0383.